The summed E-state index contributed by atoms with van der Waals surface area (Å²) in [5.74, 6) is 0.167. The molecule has 0 saturated heterocycles. The quantitative estimate of drug-likeness (QED) is 0.453. The maximum Gasteiger partial charge on any atom is 0.345 e. The topological polar surface area (TPSA) is 88.6 Å². The van der Waals surface area contributed by atoms with Gasteiger partial charge in [0.15, 0.2) is 0 Å². The number of fused-ring (bicyclic) bond motifs is 1. The Balaban J connectivity index is 1.93. The molecule has 6 nitrogen and oxygen atoms in total. The van der Waals surface area contributed by atoms with Gasteiger partial charge in [-0.1, -0.05) is 12.1 Å². The van der Waals surface area contributed by atoms with Gasteiger partial charge in [0.25, 0.3) is 0 Å². The molecule has 3 rings (SSSR count). The predicted molar refractivity (Wildman–Crippen MR) is 79.5 cm³/mol. The van der Waals surface area contributed by atoms with Crippen molar-refractivity contribution in [2.45, 2.75) is 0 Å². The van der Waals surface area contributed by atoms with E-state index in [0.717, 1.165) is 21.4 Å². The van der Waals surface area contributed by atoms with Crippen LogP contribution in [-0.4, -0.2) is 21.2 Å². The molecule has 8 heteroatoms. The molecule has 0 aliphatic heterocycles. The van der Waals surface area contributed by atoms with E-state index in [1.165, 1.54) is 23.7 Å². The van der Waals surface area contributed by atoms with E-state index in [4.69, 9.17) is 0 Å². The zero-order valence-electron chi connectivity index (χ0n) is 9.89. The molecule has 0 spiro atoms. The normalized spacial score (nSPS) is 11.4. The maximum absolute atomic E-state index is 10.5. The zero-order valence-corrected chi connectivity index (χ0v) is 11.5. The number of thiazole rings is 1. The van der Waals surface area contributed by atoms with Crippen LogP contribution < -0.4 is 0 Å². The van der Waals surface area contributed by atoms with Gasteiger partial charge in [-0.25, -0.2) is 9.98 Å². The van der Waals surface area contributed by atoms with Crippen molar-refractivity contribution in [1.29, 1.82) is 0 Å². The molecule has 2 heterocycles. The van der Waals surface area contributed by atoms with Crippen LogP contribution in [0.25, 0.3) is 10.1 Å². The van der Waals surface area contributed by atoms with E-state index in [-0.39, 0.29) is 15.9 Å². The van der Waals surface area contributed by atoms with E-state index < -0.39 is 4.92 Å². The van der Waals surface area contributed by atoms with E-state index in [1.54, 1.807) is 0 Å². The first-order chi connectivity index (χ1) is 9.65. The standard InChI is InChI=1S/C12H7N3O3S2/c16-11-7-3-1-2-4-8(7)19-9(11)5-13-12-14-6-10(20-12)15(17)18/h1-6,16H/b13-5+. The van der Waals surface area contributed by atoms with Gasteiger partial charge in [-0.05, 0) is 23.5 Å². The first kappa shape index (κ1) is 12.7. The molecule has 100 valence electrons. The highest BCUT2D eigenvalue weighted by molar-refractivity contribution is 7.21. The minimum Gasteiger partial charge on any atom is -0.506 e. The lowest BCUT2D eigenvalue weighted by Gasteiger charge is -1.89. The van der Waals surface area contributed by atoms with Crippen molar-refractivity contribution >= 4 is 49.1 Å². The summed E-state index contributed by atoms with van der Waals surface area (Å²) >= 11 is 2.29. The Morgan fingerprint density at radius 1 is 1.35 bits per heavy atom. The molecule has 0 bridgehead atoms. The number of hydrogen-bond acceptors (Lipinski definition) is 7. The lowest BCUT2D eigenvalue weighted by Crippen LogP contribution is -1.80. The third kappa shape index (κ3) is 2.26. The van der Waals surface area contributed by atoms with Crippen LogP contribution in [0.5, 0.6) is 5.75 Å². The average molecular weight is 305 g/mol. The summed E-state index contributed by atoms with van der Waals surface area (Å²) in [6.07, 6.45) is 2.64. The minimum atomic E-state index is -0.506. The van der Waals surface area contributed by atoms with Crippen molar-refractivity contribution in [2.24, 2.45) is 4.99 Å². The Labute approximate surface area is 120 Å². The summed E-state index contributed by atoms with van der Waals surface area (Å²) in [4.78, 5) is 18.5. The first-order valence-corrected chi connectivity index (χ1v) is 7.13. The second-order valence-corrected chi connectivity index (χ2v) is 5.88. The first-order valence-electron chi connectivity index (χ1n) is 5.50. The van der Waals surface area contributed by atoms with Gasteiger partial charge in [0, 0.05) is 10.1 Å². The van der Waals surface area contributed by atoms with Crippen molar-refractivity contribution in [3.63, 3.8) is 0 Å². The Morgan fingerprint density at radius 3 is 2.85 bits per heavy atom. The van der Waals surface area contributed by atoms with Crippen LogP contribution in [0.15, 0.2) is 35.5 Å². The molecule has 0 aliphatic carbocycles. The predicted octanol–water partition coefficient (Wildman–Crippen LogP) is 3.72. The van der Waals surface area contributed by atoms with Crippen LogP contribution in [0.4, 0.5) is 10.1 Å². The van der Waals surface area contributed by atoms with Crippen LogP contribution in [0.2, 0.25) is 0 Å². The molecule has 0 fully saturated rings. The third-order valence-electron chi connectivity index (χ3n) is 2.55. The molecule has 0 saturated carbocycles. The van der Waals surface area contributed by atoms with Crippen LogP contribution in [0.1, 0.15) is 4.88 Å². The Morgan fingerprint density at radius 2 is 2.15 bits per heavy atom. The monoisotopic (exact) mass is 305 g/mol. The summed E-state index contributed by atoms with van der Waals surface area (Å²) in [6.45, 7) is 0. The highest BCUT2D eigenvalue weighted by Crippen LogP contribution is 2.36. The lowest BCUT2D eigenvalue weighted by atomic mass is 10.2. The number of hydrogen-bond donors (Lipinski definition) is 1. The van der Waals surface area contributed by atoms with Crippen molar-refractivity contribution in [3.8, 4) is 5.75 Å². The molecule has 0 atom stereocenters. The van der Waals surface area contributed by atoms with Gasteiger partial charge in [0.2, 0.25) is 5.13 Å². The van der Waals surface area contributed by atoms with Crippen molar-refractivity contribution in [1.82, 2.24) is 4.98 Å². The molecule has 1 aromatic carbocycles. The highest BCUT2D eigenvalue weighted by atomic mass is 32.1. The van der Waals surface area contributed by atoms with Crippen LogP contribution in [0, 0.1) is 10.1 Å². The number of nitro groups is 1. The van der Waals surface area contributed by atoms with E-state index in [2.05, 4.69) is 9.98 Å². The van der Waals surface area contributed by atoms with E-state index in [9.17, 15) is 15.2 Å². The molecule has 0 unspecified atom stereocenters. The van der Waals surface area contributed by atoms with Gasteiger partial charge in [0.05, 0.1) is 16.0 Å². The summed E-state index contributed by atoms with van der Waals surface area (Å²) in [5.41, 5.74) is 0. The number of aliphatic imine (C=N–C) groups is 1. The van der Waals surface area contributed by atoms with E-state index in [0.29, 0.717) is 4.88 Å². The highest BCUT2D eigenvalue weighted by Gasteiger charge is 2.11. The fourth-order valence-electron chi connectivity index (χ4n) is 1.65. The van der Waals surface area contributed by atoms with Gasteiger partial charge in [-0.15, -0.1) is 11.3 Å². The van der Waals surface area contributed by atoms with Crippen LogP contribution in [0.3, 0.4) is 0 Å². The fourth-order valence-corrected chi connectivity index (χ4v) is 3.20. The van der Waals surface area contributed by atoms with Crippen LogP contribution in [-0.2, 0) is 0 Å². The summed E-state index contributed by atoms with van der Waals surface area (Å²) in [6, 6.07) is 7.47. The average Bonchev–Trinajstić information content (AvgIpc) is 3.03. The summed E-state index contributed by atoms with van der Waals surface area (Å²) in [5, 5.41) is 21.6. The van der Waals surface area contributed by atoms with Crippen molar-refractivity contribution < 1.29 is 10.0 Å². The third-order valence-corrected chi connectivity index (χ3v) is 4.50. The zero-order chi connectivity index (χ0) is 14.1. The fraction of sp³-hybridized carbons (Fsp3) is 0. The SMILES string of the molecule is O=[N+]([O-])c1cnc(/N=C/c2sc3ccccc3c2O)s1. The maximum atomic E-state index is 10.5. The number of aromatic hydroxyl groups is 1. The smallest absolute Gasteiger partial charge is 0.345 e. The van der Waals surface area contributed by atoms with Gasteiger partial charge < -0.3 is 5.11 Å². The summed E-state index contributed by atoms with van der Waals surface area (Å²) < 4.78 is 0.955. The molecule has 3 aromatic rings. The Bertz CT molecular complexity index is 822. The van der Waals surface area contributed by atoms with Gasteiger partial charge in [-0.2, -0.15) is 0 Å². The largest absolute Gasteiger partial charge is 0.506 e. The minimum absolute atomic E-state index is 0.0577. The Kier molecular flexibility index (Phi) is 3.17. The molecule has 0 amide bonds. The molecule has 0 radical (unpaired) electrons. The van der Waals surface area contributed by atoms with E-state index in [1.807, 2.05) is 24.3 Å². The van der Waals surface area contributed by atoms with Gasteiger partial charge in [-0.3, -0.25) is 10.1 Å². The van der Waals surface area contributed by atoms with Crippen LogP contribution >= 0.6 is 22.7 Å². The molecule has 20 heavy (non-hydrogen) atoms. The molecular weight excluding hydrogens is 298 g/mol. The second kappa shape index (κ2) is 4.99. The molecule has 0 aliphatic rings. The van der Waals surface area contributed by atoms with Crippen molar-refractivity contribution in [2.75, 3.05) is 0 Å². The lowest BCUT2D eigenvalue weighted by molar-refractivity contribution is -0.380. The molecular formula is C12H7N3O3S2. The van der Waals surface area contributed by atoms with Gasteiger partial charge >= 0.3 is 5.00 Å². The van der Waals surface area contributed by atoms with Crippen molar-refractivity contribution in [3.05, 3.63) is 45.5 Å². The Hall–Kier alpha value is -2.32. The number of thiophene rings is 1. The number of benzene rings is 1. The van der Waals surface area contributed by atoms with Gasteiger partial charge in [0.1, 0.15) is 11.9 Å². The number of aromatic nitrogens is 1. The second-order valence-electron chi connectivity index (χ2n) is 3.81. The number of rotatable bonds is 3. The summed E-state index contributed by atoms with van der Waals surface area (Å²) in [7, 11) is 0. The van der Waals surface area contributed by atoms with E-state index >= 15 is 0 Å². The molecule has 2 aromatic heterocycles. The number of nitrogens with zero attached hydrogens (tertiary/aromatic N) is 3. The molecule has 1 N–H and O–H groups in total.